The maximum Gasteiger partial charge on any atom is 0.168 e. The third-order valence-electron chi connectivity index (χ3n) is 3.45. The third kappa shape index (κ3) is 1.95. The Labute approximate surface area is 115 Å². The van der Waals surface area contributed by atoms with Crippen LogP contribution in [0.15, 0.2) is 10.5 Å². The molecule has 1 unspecified atom stereocenters. The second kappa shape index (κ2) is 4.97. The normalized spacial score (nSPS) is 22.0. The topological polar surface area (TPSA) is 39.7 Å². The maximum absolute atomic E-state index is 5.81. The van der Waals surface area contributed by atoms with Gasteiger partial charge in [-0.2, -0.15) is 0 Å². The highest BCUT2D eigenvalue weighted by Gasteiger charge is 2.30. The van der Waals surface area contributed by atoms with Crippen molar-refractivity contribution >= 4 is 15.9 Å². The van der Waals surface area contributed by atoms with Gasteiger partial charge in [-0.05, 0) is 28.9 Å². The molecule has 0 aliphatic carbocycles. The van der Waals surface area contributed by atoms with Crippen LogP contribution in [-0.4, -0.2) is 33.4 Å². The zero-order chi connectivity index (χ0) is 12.5. The van der Waals surface area contributed by atoms with E-state index in [0.717, 1.165) is 46.8 Å². The number of hydrogen-bond donors (Lipinski definition) is 1. The van der Waals surface area contributed by atoms with Gasteiger partial charge in [-0.15, -0.1) is 0 Å². The van der Waals surface area contributed by atoms with Gasteiger partial charge in [0.05, 0.1) is 11.6 Å². The highest BCUT2D eigenvalue weighted by Crippen LogP contribution is 2.48. The molecule has 1 atom stereocenters. The predicted molar refractivity (Wildman–Crippen MR) is 71.9 cm³/mol. The van der Waals surface area contributed by atoms with Crippen molar-refractivity contribution < 1.29 is 14.2 Å². The lowest BCUT2D eigenvalue weighted by molar-refractivity contribution is 0.168. The SMILES string of the molecule is COc1c(Br)cc2c(c1C1CCNC1)OCCO2. The lowest BCUT2D eigenvalue weighted by Crippen LogP contribution is -2.19. The first kappa shape index (κ1) is 12.1. The maximum atomic E-state index is 5.81. The average molecular weight is 314 g/mol. The molecule has 1 fully saturated rings. The Morgan fingerprint density at radius 1 is 1.39 bits per heavy atom. The van der Waals surface area contributed by atoms with Crippen molar-refractivity contribution in [2.24, 2.45) is 0 Å². The molecule has 0 bridgehead atoms. The van der Waals surface area contributed by atoms with Crippen LogP contribution in [0.2, 0.25) is 0 Å². The molecule has 0 spiro atoms. The first-order chi connectivity index (χ1) is 8.81. The zero-order valence-corrected chi connectivity index (χ0v) is 11.9. The van der Waals surface area contributed by atoms with E-state index >= 15 is 0 Å². The van der Waals surface area contributed by atoms with Crippen molar-refractivity contribution in [2.75, 3.05) is 33.4 Å². The molecule has 0 saturated carbocycles. The summed E-state index contributed by atoms with van der Waals surface area (Å²) < 4.78 is 18.0. The molecule has 2 heterocycles. The van der Waals surface area contributed by atoms with E-state index in [4.69, 9.17) is 14.2 Å². The Balaban J connectivity index is 2.14. The largest absolute Gasteiger partial charge is 0.495 e. The fourth-order valence-corrected chi connectivity index (χ4v) is 3.22. The van der Waals surface area contributed by atoms with E-state index in [-0.39, 0.29) is 0 Å². The predicted octanol–water partition coefficient (Wildman–Crippen LogP) is 2.31. The number of hydrogen-bond acceptors (Lipinski definition) is 4. The fraction of sp³-hybridized carbons (Fsp3) is 0.538. The molecule has 98 valence electrons. The Hall–Kier alpha value is -0.940. The minimum atomic E-state index is 0.424. The van der Waals surface area contributed by atoms with Gasteiger partial charge in [-0.3, -0.25) is 0 Å². The Morgan fingerprint density at radius 2 is 2.22 bits per heavy atom. The van der Waals surface area contributed by atoms with Crippen molar-refractivity contribution in [1.29, 1.82) is 0 Å². The number of fused-ring (bicyclic) bond motifs is 1. The molecular formula is C13H16BrNO3. The number of rotatable bonds is 2. The fourth-order valence-electron chi connectivity index (χ4n) is 2.64. The van der Waals surface area contributed by atoms with Crippen LogP contribution in [0.5, 0.6) is 17.2 Å². The quantitative estimate of drug-likeness (QED) is 0.909. The molecule has 4 nitrogen and oxygen atoms in total. The first-order valence-corrected chi connectivity index (χ1v) is 6.97. The molecule has 1 aromatic rings. The monoisotopic (exact) mass is 313 g/mol. The summed E-state index contributed by atoms with van der Waals surface area (Å²) in [5.41, 5.74) is 1.13. The van der Waals surface area contributed by atoms with E-state index in [1.54, 1.807) is 7.11 Å². The molecule has 2 aliphatic rings. The Bertz CT molecular complexity index is 458. The number of ether oxygens (including phenoxy) is 3. The molecule has 0 aromatic heterocycles. The summed E-state index contributed by atoms with van der Waals surface area (Å²) in [6, 6.07) is 1.93. The molecule has 2 aliphatic heterocycles. The lowest BCUT2D eigenvalue weighted by Gasteiger charge is -2.26. The second-order valence-corrected chi connectivity index (χ2v) is 5.37. The summed E-state index contributed by atoms with van der Waals surface area (Å²) >= 11 is 3.55. The standard InChI is InChI=1S/C13H16BrNO3/c1-16-12-9(14)6-10-13(18-5-4-17-10)11(12)8-2-3-15-7-8/h6,8,15H,2-5,7H2,1H3. The van der Waals surface area contributed by atoms with E-state index in [1.807, 2.05) is 6.07 Å². The first-order valence-electron chi connectivity index (χ1n) is 6.18. The van der Waals surface area contributed by atoms with E-state index in [2.05, 4.69) is 21.2 Å². The van der Waals surface area contributed by atoms with Gasteiger partial charge in [-0.1, -0.05) is 0 Å². The van der Waals surface area contributed by atoms with Crippen LogP contribution in [0.3, 0.4) is 0 Å². The molecule has 0 amide bonds. The lowest BCUT2D eigenvalue weighted by atomic mass is 9.95. The Morgan fingerprint density at radius 3 is 2.94 bits per heavy atom. The van der Waals surface area contributed by atoms with Crippen LogP contribution < -0.4 is 19.5 Å². The van der Waals surface area contributed by atoms with Crippen molar-refractivity contribution in [3.63, 3.8) is 0 Å². The van der Waals surface area contributed by atoms with Crippen LogP contribution in [0, 0.1) is 0 Å². The minimum Gasteiger partial charge on any atom is -0.495 e. The molecule has 0 radical (unpaired) electrons. The summed E-state index contributed by atoms with van der Waals surface area (Å²) in [6.45, 7) is 3.21. The average Bonchev–Trinajstić information content (AvgIpc) is 2.90. The number of methoxy groups -OCH3 is 1. The molecule has 1 saturated heterocycles. The van der Waals surface area contributed by atoms with Crippen molar-refractivity contribution in [1.82, 2.24) is 5.32 Å². The van der Waals surface area contributed by atoms with Gasteiger partial charge >= 0.3 is 0 Å². The molecule has 3 rings (SSSR count). The molecular weight excluding hydrogens is 298 g/mol. The number of nitrogens with one attached hydrogen (secondary N) is 1. The van der Waals surface area contributed by atoms with E-state index in [9.17, 15) is 0 Å². The van der Waals surface area contributed by atoms with Crippen molar-refractivity contribution in [3.05, 3.63) is 16.1 Å². The summed E-state index contributed by atoms with van der Waals surface area (Å²) in [5, 5.41) is 3.38. The van der Waals surface area contributed by atoms with Gasteiger partial charge < -0.3 is 19.5 Å². The second-order valence-electron chi connectivity index (χ2n) is 4.52. The molecule has 1 aromatic carbocycles. The van der Waals surface area contributed by atoms with Gasteiger partial charge in [-0.25, -0.2) is 0 Å². The van der Waals surface area contributed by atoms with E-state index in [1.165, 1.54) is 0 Å². The van der Waals surface area contributed by atoms with Crippen molar-refractivity contribution in [3.8, 4) is 17.2 Å². The van der Waals surface area contributed by atoms with Crippen LogP contribution in [0.4, 0.5) is 0 Å². The van der Waals surface area contributed by atoms with E-state index in [0.29, 0.717) is 19.1 Å². The number of benzene rings is 1. The van der Waals surface area contributed by atoms with Gasteiger partial charge in [0, 0.05) is 24.1 Å². The van der Waals surface area contributed by atoms with Crippen molar-refractivity contribution in [2.45, 2.75) is 12.3 Å². The highest BCUT2D eigenvalue weighted by atomic mass is 79.9. The smallest absolute Gasteiger partial charge is 0.168 e. The summed E-state index contributed by atoms with van der Waals surface area (Å²) in [4.78, 5) is 0. The van der Waals surface area contributed by atoms with Crippen LogP contribution in [0.1, 0.15) is 17.9 Å². The molecule has 1 N–H and O–H groups in total. The minimum absolute atomic E-state index is 0.424. The van der Waals surface area contributed by atoms with E-state index < -0.39 is 0 Å². The number of halogens is 1. The third-order valence-corrected chi connectivity index (χ3v) is 4.04. The summed E-state index contributed by atoms with van der Waals surface area (Å²) in [7, 11) is 1.70. The van der Waals surface area contributed by atoms with Gasteiger partial charge in [0.25, 0.3) is 0 Å². The van der Waals surface area contributed by atoms with Gasteiger partial charge in [0.15, 0.2) is 11.5 Å². The van der Waals surface area contributed by atoms with Crippen LogP contribution >= 0.6 is 15.9 Å². The van der Waals surface area contributed by atoms with Gasteiger partial charge in [0.2, 0.25) is 0 Å². The van der Waals surface area contributed by atoms with Crippen LogP contribution in [-0.2, 0) is 0 Å². The van der Waals surface area contributed by atoms with Gasteiger partial charge in [0.1, 0.15) is 19.0 Å². The molecule has 18 heavy (non-hydrogen) atoms. The van der Waals surface area contributed by atoms with Crippen LogP contribution in [0.25, 0.3) is 0 Å². The summed E-state index contributed by atoms with van der Waals surface area (Å²) in [6.07, 6.45) is 1.10. The Kier molecular flexibility index (Phi) is 3.35. The summed E-state index contributed by atoms with van der Waals surface area (Å²) in [5.74, 6) is 2.96. The highest BCUT2D eigenvalue weighted by molar-refractivity contribution is 9.10. The zero-order valence-electron chi connectivity index (χ0n) is 10.3. The molecule has 5 heteroatoms.